The number of hydrogen-bond acceptors (Lipinski definition) is 3. The van der Waals surface area contributed by atoms with Gasteiger partial charge in [0.05, 0.1) is 11.9 Å². The van der Waals surface area contributed by atoms with Gasteiger partial charge < -0.3 is 10.2 Å². The fourth-order valence-electron chi connectivity index (χ4n) is 1.90. The number of aryl methyl sites for hydroxylation is 1. The number of furan rings is 1. The van der Waals surface area contributed by atoms with E-state index in [1.807, 2.05) is 13.0 Å². The summed E-state index contributed by atoms with van der Waals surface area (Å²) in [6.07, 6.45) is 1.58. The van der Waals surface area contributed by atoms with Gasteiger partial charge in [0.15, 0.2) is 11.5 Å². The number of benzene rings is 1. The molecule has 0 unspecified atom stereocenters. The molecule has 4 nitrogen and oxygen atoms in total. The molecule has 2 heterocycles. The van der Waals surface area contributed by atoms with E-state index in [0.29, 0.717) is 22.8 Å². The van der Waals surface area contributed by atoms with Gasteiger partial charge in [0.1, 0.15) is 17.3 Å². The Morgan fingerprint density at radius 2 is 2.00 bits per heavy atom. The molecular formula is C14H12FN3O. The minimum Gasteiger partial charge on any atom is -0.460 e. The van der Waals surface area contributed by atoms with Crippen LogP contribution in [0.3, 0.4) is 0 Å². The van der Waals surface area contributed by atoms with Gasteiger partial charge in [0.25, 0.3) is 0 Å². The van der Waals surface area contributed by atoms with E-state index in [9.17, 15) is 4.39 Å². The predicted molar refractivity (Wildman–Crippen MR) is 70.4 cm³/mol. The number of hydrogen-bond donors (Lipinski definition) is 1. The Hall–Kier alpha value is -2.56. The van der Waals surface area contributed by atoms with Gasteiger partial charge in [-0.2, -0.15) is 5.10 Å². The predicted octanol–water partition coefficient (Wildman–Crippen LogP) is 3.16. The van der Waals surface area contributed by atoms with Crippen molar-refractivity contribution in [2.45, 2.75) is 6.92 Å². The third-order valence-corrected chi connectivity index (χ3v) is 2.82. The van der Waals surface area contributed by atoms with Gasteiger partial charge in [0.2, 0.25) is 0 Å². The van der Waals surface area contributed by atoms with Gasteiger partial charge in [-0.05, 0) is 31.2 Å². The van der Waals surface area contributed by atoms with Crippen LogP contribution in [0.1, 0.15) is 5.76 Å². The highest BCUT2D eigenvalue weighted by Crippen LogP contribution is 2.27. The first-order valence-corrected chi connectivity index (χ1v) is 5.82. The molecule has 0 aliphatic heterocycles. The Bertz CT molecular complexity index is 730. The van der Waals surface area contributed by atoms with Gasteiger partial charge in [-0.25, -0.2) is 9.07 Å². The number of nitrogens with zero attached hydrogens (tertiary/aromatic N) is 2. The van der Waals surface area contributed by atoms with Crippen molar-refractivity contribution >= 4 is 5.69 Å². The van der Waals surface area contributed by atoms with E-state index in [1.54, 1.807) is 30.5 Å². The van der Waals surface area contributed by atoms with Crippen LogP contribution < -0.4 is 5.73 Å². The van der Waals surface area contributed by atoms with Crippen molar-refractivity contribution in [3.05, 3.63) is 54.2 Å². The largest absolute Gasteiger partial charge is 0.460 e. The molecule has 3 rings (SSSR count). The Kier molecular flexibility index (Phi) is 2.59. The fraction of sp³-hybridized carbons (Fsp3) is 0.0714. The summed E-state index contributed by atoms with van der Waals surface area (Å²) in [7, 11) is 0. The first-order chi connectivity index (χ1) is 9.15. The maximum Gasteiger partial charge on any atom is 0.156 e. The molecule has 0 fully saturated rings. The Balaban J connectivity index is 2.10. The number of para-hydroxylation sites is 1. The van der Waals surface area contributed by atoms with Crippen LogP contribution in [0, 0.1) is 12.7 Å². The normalized spacial score (nSPS) is 10.8. The van der Waals surface area contributed by atoms with Crippen LogP contribution in [0.5, 0.6) is 0 Å². The third-order valence-electron chi connectivity index (χ3n) is 2.82. The van der Waals surface area contributed by atoms with E-state index < -0.39 is 0 Å². The van der Waals surface area contributed by atoms with E-state index in [0.717, 1.165) is 5.76 Å². The second-order valence-corrected chi connectivity index (χ2v) is 4.24. The van der Waals surface area contributed by atoms with Crippen LogP contribution in [0.2, 0.25) is 0 Å². The Morgan fingerprint density at radius 1 is 1.21 bits per heavy atom. The lowest BCUT2D eigenvalue weighted by Gasteiger charge is -2.01. The second kappa shape index (κ2) is 4.28. The molecule has 0 saturated carbocycles. The Morgan fingerprint density at radius 3 is 2.68 bits per heavy atom. The zero-order valence-electron chi connectivity index (χ0n) is 10.3. The van der Waals surface area contributed by atoms with Crippen molar-refractivity contribution in [2.75, 3.05) is 5.73 Å². The topological polar surface area (TPSA) is 57.0 Å². The molecule has 1 aromatic carbocycles. The number of anilines is 1. The van der Waals surface area contributed by atoms with Gasteiger partial charge in [-0.1, -0.05) is 12.1 Å². The molecule has 0 aliphatic rings. The van der Waals surface area contributed by atoms with Crippen molar-refractivity contribution in [1.82, 2.24) is 9.78 Å². The van der Waals surface area contributed by atoms with Crippen molar-refractivity contribution < 1.29 is 8.81 Å². The molecule has 2 aromatic heterocycles. The number of nitrogen functional groups attached to an aromatic ring is 1. The van der Waals surface area contributed by atoms with E-state index in [4.69, 9.17) is 10.2 Å². The Labute approximate surface area is 109 Å². The molecule has 19 heavy (non-hydrogen) atoms. The van der Waals surface area contributed by atoms with Gasteiger partial charge in [-0.15, -0.1) is 0 Å². The maximum atomic E-state index is 13.7. The van der Waals surface area contributed by atoms with Gasteiger partial charge in [-0.3, -0.25) is 0 Å². The highest BCUT2D eigenvalue weighted by molar-refractivity contribution is 5.68. The molecule has 5 heteroatoms. The van der Waals surface area contributed by atoms with E-state index in [1.165, 1.54) is 10.7 Å². The summed E-state index contributed by atoms with van der Waals surface area (Å²) in [5, 5.41) is 4.28. The van der Waals surface area contributed by atoms with Crippen LogP contribution in [0.4, 0.5) is 10.1 Å². The molecule has 0 bridgehead atoms. The van der Waals surface area contributed by atoms with E-state index in [-0.39, 0.29) is 5.82 Å². The summed E-state index contributed by atoms with van der Waals surface area (Å²) < 4.78 is 20.6. The highest BCUT2D eigenvalue weighted by Gasteiger charge is 2.14. The maximum absolute atomic E-state index is 13.7. The number of aromatic nitrogens is 2. The van der Waals surface area contributed by atoms with Crippen LogP contribution in [0.15, 0.2) is 47.0 Å². The van der Waals surface area contributed by atoms with Crippen LogP contribution in [-0.4, -0.2) is 9.78 Å². The van der Waals surface area contributed by atoms with E-state index >= 15 is 0 Å². The minimum atomic E-state index is -0.354. The zero-order valence-corrected chi connectivity index (χ0v) is 10.3. The average Bonchev–Trinajstić information content (AvgIpc) is 2.96. The average molecular weight is 257 g/mol. The summed E-state index contributed by atoms with van der Waals surface area (Å²) in [6, 6.07) is 10.0. The van der Waals surface area contributed by atoms with E-state index in [2.05, 4.69) is 5.10 Å². The lowest BCUT2D eigenvalue weighted by Crippen LogP contribution is -1.97. The molecule has 0 amide bonds. The number of halogens is 1. The quantitative estimate of drug-likeness (QED) is 0.767. The molecule has 0 atom stereocenters. The van der Waals surface area contributed by atoms with Crippen molar-refractivity contribution in [2.24, 2.45) is 0 Å². The highest BCUT2D eigenvalue weighted by atomic mass is 19.1. The van der Waals surface area contributed by atoms with Gasteiger partial charge in [0, 0.05) is 0 Å². The summed E-state index contributed by atoms with van der Waals surface area (Å²) >= 11 is 0. The zero-order chi connectivity index (χ0) is 13.4. The molecule has 2 N–H and O–H groups in total. The van der Waals surface area contributed by atoms with Crippen molar-refractivity contribution in [3.8, 4) is 17.1 Å². The molecule has 0 aliphatic carbocycles. The van der Waals surface area contributed by atoms with Crippen molar-refractivity contribution in [1.29, 1.82) is 0 Å². The monoisotopic (exact) mass is 257 g/mol. The van der Waals surface area contributed by atoms with Gasteiger partial charge >= 0.3 is 0 Å². The minimum absolute atomic E-state index is 0.351. The van der Waals surface area contributed by atoms with Crippen LogP contribution in [-0.2, 0) is 0 Å². The lowest BCUT2D eigenvalue weighted by molar-refractivity contribution is 0.545. The van der Waals surface area contributed by atoms with Crippen LogP contribution >= 0.6 is 0 Å². The molecule has 0 radical (unpaired) electrons. The molecular weight excluding hydrogens is 245 g/mol. The fourth-order valence-corrected chi connectivity index (χ4v) is 1.90. The first-order valence-electron chi connectivity index (χ1n) is 5.82. The molecule has 0 saturated heterocycles. The number of nitrogens with two attached hydrogens (primary N) is 1. The standard InChI is InChI=1S/C14H12FN3O/c1-9-6-7-13(19-9)14-11(16)8-18(17-14)12-5-3-2-4-10(12)15/h2-8H,16H2,1H3. The van der Waals surface area contributed by atoms with Crippen LogP contribution in [0.25, 0.3) is 17.1 Å². The van der Waals surface area contributed by atoms with Crippen molar-refractivity contribution in [3.63, 3.8) is 0 Å². The SMILES string of the molecule is Cc1ccc(-c2nn(-c3ccccc3F)cc2N)o1. The first kappa shape index (κ1) is 11.5. The second-order valence-electron chi connectivity index (χ2n) is 4.24. The third kappa shape index (κ3) is 1.99. The summed E-state index contributed by atoms with van der Waals surface area (Å²) in [4.78, 5) is 0. The molecule has 96 valence electrons. The smallest absolute Gasteiger partial charge is 0.156 e. The summed E-state index contributed by atoms with van der Waals surface area (Å²) in [5.74, 6) is 0.993. The molecule has 3 aromatic rings. The lowest BCUT2D eigenvalue weighted by atomic mass is 10.3. The summed E-state index contributed by atoms with van der Waals surface area (Å²) in [5.41, 5.74) is 7.21. The number of rotatable bonds is 2. The summed E-state index contributed by atoms with van der Waals surface area (Å²) in [6.45, 7) is 1.84. The molecule has 0 spiro atoms.